The molecule has 1 aliphatic heterocycles. The zero-order chi connectivity index (χ0) is 26.9. The number of methoxy groups -OCH3 is 2. The Morgan fingerprint density at radius 1 is 1.08 bits per heavy atom. The molecule has 0 radical (unpaired) electrons. The fraction of sp³-hybridized carbons (Fsp3) is 0.269. The summed E-state index contributed by atoms with van der Waals surface area (Å²) in [7, 11) is 2.40. The maximum atomic E-state index is 13.0. The van der Waals surface area contributed by atoms with Crippen molar-refractivity contribution in [2.24, 2.45) is 5.92 Å². The second kappa shape index (κ2) is 12.6. The molecule has 0 bridgehead atoms. The van der Waals surface area contributed by atoms with E-state index in [-0.39, 0.29) is 27.6 Å². The van der Waals surface area contributed by atoms with Gasteiger partial charge >= 0.3 is 11.9 Å². The zero-order valence-electron chi connectivity index (χ0n) is 20.4. The number of ether oxygens (including phenoxy) is 3. The number of rotatable bonds is 9. The van der Waals surface area contributed by atoms with Crippen molar-refractivity contribution in [1.82, 2.24) is 5.32 Å². The molecule has 1 aliphatic rings. The van der Waals surface area contributed by atoms with Gasteiger partial charge in [-0.2, -0.15) is 5.26 Å². The number of para-hydroxylation sites is 1. The molecule has 0 saturated carbocycles. The second-order valence-electron chi connectivity index (χ2n) is 7.70. The molecule has 2 N–H and O–H groups in total. The molecule has 0 spiro atoms. The van der Waals surface area contributed by atoms with Crippen LogP contribution in [0.2, 0.25) is 0 Å². The summed E-state index contributed by atoms with van der Waals surface area (Å²) in [5.41, 5.74) is 1.11. The minimum absolute atomic E-state index is 0.118. The zero-order valence-corrected chi connectivity index (χ0v) is 21.2. The quantitative estimate of drug-likeness (QED) is 0.374. The van der Waals surface area contributed by atoms with Crippen LogP contribution in [0.4, 0.5) is 5.69 Å². The maximum Gasteiger partial charge on any atom is 0.339 e. The molecule has 2 atom stereocenters. The second-order valence-corrected chi connectivity index (χ2v) is 8.68. The van der Waals surface area contributed by atoms with E-state index < -0.39 is 35.6 Å². The third-order valence-electron chi connectivity index (χ3n) is 5.49. The number of allylic oxidation sites excluding steroid dienone is 1. The first-order chi connectivity index (χ1) is 17.8. The van der Waals surface area contributed by atoms with Crippen LogP contribution in [-0.4, -0.2) is 50.3 Å². The van der Waals surface area contributed by atoms with Gasteiger partial charge in [0.1, 0.15) is 11.7 Å². The van der Waals surface area contributed by atoms with E-state index in [1.807, 2.05) is 6.92 Å². The first kappa shape index (κ1) is 27.3. The van der Waals surface area contributed by atoms with Crippen molar-refractivity contribution in [3.63, 3.8) is 0 Å². The lowest BCUT2D eigenvalue weighted by Crippen LogP contribution is -2.44. The standard InChI is InChI=1S/C26H25N3O7S/c1-4-36-16-11-9-15(10-12-16)21-18(13-27)24(29-23(31)22(21)26(33)35-3)37-14-20(30)28-19-8-6-5-7-17(19)25(32)34-2/h5-12,21-22H,4,14H2,1-3H3,(H,28,30)(H,29,31)/t21-,22+/m1/s1. The summed E-state index contributed by atoms with van der Waals surface area (Å²) < 4.78 is 15.0. The van der Waals surface area contributed by atoms with E-state index in [4.69, 9.17) is 14.2 Å². The van der Waals surface area contributed by atoms with Gasteiger partial charge in [0.05, 0.1) is 54.5 Å². The summed E-state index contributed by atoms with van der Waals surface area (Å²) in [5.74, 6) is -4.32. The monoisotopic (exact) mass is 523 g/mol. The number of amides is 2. The van der Waals surface area contributed by atoms with Gasteiger partial charge in [-0.3, -0.25) is 14.4 Å². The van der Waals surface area contributed by atoms with Gasteiger partial charge in [0.2, 0.25) is 11.8 Å². The van der Waals surface area contributed by atoms with Crippen molar-refractivity contribution in [2.45, 2.75) is 12.8 Å². The summed E-state index contributed by atoms with van der Waals surface area (Å²) >= 11 is 0.932. The molecule has 2 aromatic carbocycles. The van der Waals surface area contributed by atoms with Crippen molar-refractivity contribution in [3.05, 3.63) is 70.3 Å². The van der Waals surface area contributed by atoms with Crippen LogP contribution in [0.15, 0.2) is 59.1 Å². The average Bonchev–Trinajstić information content (AvgIpc) is 2.91. The van der Waals surface area contributed by atoms with Crippen LogP contribution in [0.25, 0.3) is 0 Å². The third-order valence-corrected chi connectivity index (χ3v) is 6.51. The molecule has 10 nitrogen and oxygen atoms in total. The van der Waals surface area contributed by atoms with Crippen LogP contribution in [0, 0.1) is 17.2 Å². The van der Waals surface area contributed by atoms with Crippen LogP contribution in [0.1, 0.15) is 28.8 Å². The normalized spacial score (nSPS) is 16.8. The number of nitrogens with one attached hydrogen (secondary N) is 2. The number of hydrogen-bond acceptors (Lipinski definition) is 9. The Balaban J connectivity index is 1.88. The Morgan fingerprint density at radius 3 is 2.41 bits per heavy atom. The molecule has 2 aromatic rings. The molecule has 2 amide bonds. The van der Waals surface area contributed by atoms with Gasteiger partial charge in [-0.1, -0.05) is 36.0 Å². The van der Waals surface area contributed by atoms with Gasteiger partial charge in [-0.05, 0) is 36.8 Å². The molecule has 0 unspecified atom stereocenters. The Hall–Kier alpha value is -4.30. The molecule has 192 valence electrons. The summed E-state index contributed by atoms with van der Waals surface area (Å²) in [6.07, 6.45) is 0. The predicted molar refractivity (Wildman–Crippen MR) is 136 cm³/mol. The largest absolute Gasteiger partial charge is 0.494 e. The van der Waals surface area contributed by atoms with Gasteiger partial charge in [-0.15, -0.1) is 0 Å². The summed E-state index contributed by atoms with van der Waals surface area (Å²) in [5, 5.41) is 15.4. The Bertz CT molecular complexity index is 1270. The lowest BCUT2D eigenvalue weighted by molar-refractivity contribution is -0.150. The summed E-state index contributed by atoms with van der Waals surface area (Å²) in [6.45, 7) is 2.31. The highest BCUT2D eigenvalue weighted by Gasteiger charge is 2.44. The first-order valence-corrected chi connectivity index (χ1v) is 12.2. The van der Waals surface area contributed by atoms with E-state index in [2.05, 4.69) is 16.7 Å². The lowest BCUT2D eigenvalue weighted by atomic mass is 9.78. The minimum atomic E-state index is -1.29. The predicted octanol–water partition coefficient (Wildman–Crippen LogP) is 2.98. The van der Waals surface area contributed by atoms with E-state index in [0.717, 1.165) is 11.8 Å². The van der Waals surface area contributed by atoms with Gasteiger partial charge in [0.25, 0.3) is 0 Å². The number of nitrogens with zero attached hydrogens (tertiary/aromatic N) is 1. The number of hydrogen-bond donors (Lipinski definition) is 2. The van der Waals surface area contributed by atoms with Crippen molar-refractivity contribution >= 4 is 41.2 Å². The highest BCUT2D eigenvalue weighted by atomic mass is 32.2. The average molecular weight is 524 g/mol. The van der Waals surface area contributed by atoms with Crippen molar-refractivity contribution < 1.29 is 33.4 Å². The van der Waals surface area contributed by atoms with E-state index in [9.17, 15) is 24.4 Å². The molecule has 37 heavy (non-hydrogen) atoms. The third kappa shape index (κ3) is 6.29. The number of esters is 2. The van der Waals surface area contributed by atoms with E-state index in [0.29, 0.717) is 17.9 Å². The molecular weight excluding hydrogens is 498 g/mol. The number of carbonyl (C=O) groups is 4. The van der Waals surface area contributed by atoms with Crippen LogP contribution >= 0.6 is 11.8 Å². The smallest absolute Gasteiger partial charge is 0.339 e. The fourth-order valence-corrected chi connectivity index (χ4v) is 4.67. The van der Waals surface area contributed by atoms with Gasteiger partial charge in [-0.25, -0.2) is 4.79 Å². The molecule has 0 aromatic heterocycles. The van der Waals surface area contributed by atoms with Crippen LogP contribution in [0.3, 0.4) is 0 Å². The van der Waals surface area contributed by atoms with Crippen LogP contribution < -0.4 is 15.4 Å². The van der Waals surface area contributed by atoms with Crippen molar-refractivity contribution in [1.29, 1.82) is 5.26 Å². The topological polar surface area (TPSA) is 144 Å². The SMILES string of the molecule is CCOc1ccc([C@@H]2C(C#N)=C(SCC(=O)Nc3ccccc3C(=O)OC)NC(=O)[C@H]2C(=O)OC)cc1. The molecule has 0 saturated heterocycles. The van der Waals surface area contributed by atoms with E-state index >= 15 is 0 Å². The van der Waals surface area contributed by atoms with Crippen molar-refractivity contribution in [3.8, 4) is 11.8 Å². The fourth-order valence-electron chi connectivity index (χ4n) is 3.82. The molecule has 0 fully saturated rings. The molecule has 11 heteroatoms. The molecule has 3 rings (SSSR count). The number of thioether (sulfide) groups is 1. The summed E-state index contributed by atoms with van der Waals surface area (Å²) in [4.78, 5) is 50.1. The number of anilines is 1. The minimum Gasteiger partial charge on any atom is -0.494 e. The Kier molecular flexibility index (Phi) is 9.29. The van der Waals surface area contributed by atoms with Crippen LogP contribution in [0.5, 0.6) is 5.75 Å². The molecular formula is C26H25N3O7S. The Labute approximate surface area is 218 Å². The van der Waals surface area contributed by atoms with E-state index in [1.165, 1.54) is 20.3 Å². The summed E-state index contributed by atoms with van der Waals surface area (Å²) in [6, 6.07) is 15.2. The maximum absolute atomic E-state index is 13.0. The molecule has 0 aliphatic carbocycles. The number of carbonyl (C=O) groups excluding carboxylic acids is 4. The lowest BCUT2D eigenvalue weighted by Gasteiger charge is -2.31. The van der Waals surface area contributed by atoms with Gasteiger partial charge in [0, 0.05) is 5.92 Å². The van der Waals surface area contributed by atoms with Gasteiger partial charge in [0.15, 0.2) is 0 Å². The Morgan fingerprint density at radius 2 is 1.78 bits per heavy atom. The van der Waals surface area contributed by atoms with Gasteiger partial charge < -0.3 is 24.8 Å². The van der Waals surface area contributed by atoms with Crippen LogP contribution in [-0.2, 0) is 23.9 Å². The van der Waals surface area contributed by atoms with E-state index in [1.54, 1.807) is 42.5 Å². The highest BCUT2D eigenvalue weighted by Crippen LogP contribution is 2.40. The number of benzene rings is 2. The number of nitriles is 1. The highest BCUT2D eigenvalue weighted by molar-refractivity contribution is 8.03. The first-order valence-electron chi connectivity index (χ1n) is 11.2. The molecule has 1 heterocycles. The van der Waals surface area contributed by atoms with Crippen molar-refractivity contribution in [2.75, 3.05) is 31.9 Å².